The van der Waals surface area contributed by atoms with Crippen LogP contribution < -0.4 is 0 Å². The molecule has 1 saturated carbocycles. The highest BCUT2D eigenvalue weighted by atomic mass is 19.1. The highest BCUT2D eigenvalue weighted by Gasteiger charge is 2.49. The molecule has 0 aromatic heterocycles. The molecular weight excluding hydrogens is 271 g/mol. The van der Waals surface area contributed by atoms with Crippen molar-refractivity contribution in [2.45, 2.75) is 19.0 Å². The van der Waals surface area contributed by atoms with Crippen LogP contribution >= 0.6 is 0 Å². The van der Waals surface area contributed by atoms with Gasteiger partial charge in [0, 0.05) is 5.92 Å². The van der Waals surface area contributed by atoms with E-state index in [0.29, 0.717) is 17.6 Å². The first kappa shape index (κ1) is 15.3. The Morgan fingerprint density at radius 2 is 2.05 bits per heavy atom. The molecule has 0 aliphatic heterocycles. The Kier molecular flexibility index (Phi) is 4.46. The van der Waals surface area contributed by atoms with E-state index in [9.17, 15) is 9.18 Å². The summed E-state index contributed by atoms with van der Waals surface area (Å²) in [5.41, 5.74) is 0.760. The SMILES string of the molecule is CO/C=C(/C(=O)OC)c1ccccc1/C=C/C1CC1(C)F. The second-order valence-corrected chi connectivity index (χ2v) is 5.29. The lowest BCUT2D eigenvalue weighted by Crippen LogP contribution is -2.05. The molecule has 1 fully saturated rings. The standard InChI is InChI=1S/C17H19FO3/c1-17(18)10-13(17)9-8-12-6-4-5-7-14(12)15(11-20-2)16(19)21-3/h4-9,11,13H,10H2,1-3H3/b9-8+,15-11+. The van der Waals surface area contributed by atoms with Gasteiger partial charge in [0.15, 0.2) is 0 Å². The van der Waals surface area contributed by atoms with Crippen LogP contribution in [0.1, 0.15) is 24.5 Å². The fourth-order valence-electron chi connectivity index (χ4n) is 2.20. The van der Waals surface area contributed by atoms with Crippen molar-refractivity contribution >= 4 is 17.6 Å². The topological polar surface area (TPSA) is 35.5 Å². The molecule has 0 spiro atoms. The average Bonchev–Trinajstić information content (AvgIpc) is 3.09. The van der Waals surface area contributed by atoms with Crippen molar-refractivity contribution in [2.24, 2.45) is 5.92 Å². The highest BCUT2D eigenvalue weighted by molar-refractivity contribution is 6.17. The first-order valence-electron chi connectivity index (χ1n) is 6.77. The Bertz CT molecular complexity index is 587. The number of esters is 1. The summed E-state index contributed by atoms with van der Waals surface area (Å²) in [6.45, 7) is 1.60. The fourth-order valence-corrected chi connectivity index (χ4v) is 2.20. The number of hydrogen-bond donors (Lipinski definition) is 0. The quantitative estimate of drug-likeness (QED) is 0.472. The molecule has 0 radical (unpaired) electrons. The largest absolute Gasteiger partial charge is 0.503 e. The van der Waals surface area contributed by atoms with E-state index in [4.69, 9.17) is 9.47 Å². The zero-order valence-electron chi connectivity index (χ0n) is 12.4. The van der Waals surface area contributed by atoms with E-state index in [1.165, 1.54) is 20.5 Å². The van der Waals surface area contributed by atoms with E-state index in [1.807, 2.05) is 36.4 Å². The summed E-state index contributed by atoms with van der Waals surface area (Å²) in [6.07, 6.45) is 5.59. The Morgan fingerprint density at radius 3 is 2.62 bits per heavy atom. The van der Waals surface area contributed by atoms with Crippen molar-refractivity contribution < 1.29 is 18.7 Å². The van der Waals surface area contributed by atoms with Crippen LogP contribution in [0.25, 0.3) is 11.6 Å². The van der Waals surface area contributed by atoms with Crippen LogP contribution in [0.4, 0.5) is 4.39 Å². The van der Waals surface area contributed by atoms with Crippen LogP contribution in [0.3, 0.4) is 0 Å². The molecule has 1 aliphatic rings. The minimum absolute atomic E-state index is 0.0569. The number of ether oxygens (including phenoxy) is 2. The van der Waals surface area contributed by atoms with Gasteiger partial charge in [-0.05, 0) is 24.5 Å². The van der Waals surface area contributed by atoms with Gasteiger partial charge in [-0.25, -0.2) is 9.18 Å². The summed E-state index contributed by atoms with van der Waals surface area (Å²) in [7, 11) is 2.79. The molecule has 3 nitrogen and oxygen atoms in total. The summed E-state index contributed by atoms with van der Waals surface area (Å²) in [4.78, 5) is 11.9. The van der Waals surface area contributed by atoms with Crippen molar-refractivity contribution in [3.63, 3.8) is 0 Å². The number of benzene rings is 1. The number of halogens is 1. The molecule has 0 N–H and O–H groups in total. The first-order chi connectivity index (χ1) is 9.99. The maximum absolute atomic E-state index is 13.6. The van der Waals surface area contributed by atoms with Gasteiger partial charge in [0.05, 0.1) is 20.5 Å². The van der Waals surface area contributed by atoms with Crippen molar-refractivity contribution in [3.8, 4) is 0 Å². The van der Waals surface area contributed by atoms with Crippen LogP contribution in [-0.4, -0.2) is 25.9 Å². The molecule has 0 bridgehead atoms. The van der Waals surface area contributed by atoms with Gasteiger partial charge >= 0.3 is 5.97 Å². The molecule has 112 valence electrons. The summed E-state index contributed by atoms with van der Waals surface area (Å²) >= 11 is 0. The number of rotatable bonds is 5. The van der Waals surface area contributed by atoms with Gasteiger partial charge in [-0.1, -0.05) is 36.4 Å². The van der Waals surface area contributed by atoms with E-state index >= 15 is 0 Å². The molecule has 2 rings (SSSR count). The van der Waals surface area contributed by atoms with E-state index in [2.05, 4.69) is 0 Å². The maximum Gasteiger partial charge on any atom is 0.341 e. The van der Waals surface area contributed by atoms with Gasteiger partial charge in [0.1, 0.15) is 11.2 Å². The monoisotopic (exact) mass is 290 g/mol. The molecule has 1 aromatic carbocycles. The van der Waals surface area contributed by atoms with Crippen LogP contribution in [0.5, 0.6) is 0 Å². The minimum atomic E-state index is -1.10. The number of carbonyl (C=O) groups excluding carboxylic acids is 1. The lowest BCUT2D eigenvalue weighted by atomic mass is 10.00. The average molecular weight is 290 g/mol. The molecule has 21 heavy (non-hydrogen) atoms. The molecule has 0 saturated heterocycles. The van der Waals surface area contributed by atoms with Crippen LogP contribution in [-0.2, 0) is 14.3 Å². The molecular formula is C17H19FO3. The molecule has 1 aliphatic carbocycles. The second kappa shape index (κ2) is 6.12. The first-order valence-corrected chi connectivity index (χ1v) is 6.77. The zero-order chi connectivity index (χ0) is 15.5. The summed E-state index contributed by atoms with van der Waals surface area (Å²) < 4.78 is 23.3. The van der Waals surface area contributed by atoms with Crippen molar-refractivity contribution in [2.75, 3.05) is 14.2 Å². The van der Waals surface area contributed by atoms with Crippen LogP contribution in [0.2, 0.25) is 0 Å². The predicted octanol–water partition coefficient (Wildman–Crippen LogP) is 3.61. The Hall–Kier alpha value is -2.10. The van der Waals surface area contributed by atoms with Crippen molar-refractivity contribution in [1.82, 2.24) is 0 Å². The third-order valence-corrected chi connectivity index (χ3v) is 3.63. The van der Waals surface area contributed by atoms with Crippen LogP contribution in [0.15, 0.2) is 36.6 Å². The number of allylic oxidation sites excluding steroid dienone is 1. The summed E-state index contributed by atoms with van der Waals surface area (Å²) in [5, 5.41) is 0. The summed E-state index contributed by atoms with van der Waals surface area (Å²) in [5.74, 6) is -0.530. The Balaban J connectivity index is 2.31. The maximum atomic E-state index is 13.6. The molecule has 0 heterocycles. The zero-order valence-corrected chi connectivity index (χ0v) is 12.4. The number of alkyl halides is 1. The molecule has 0 amide bonds. The van der Waals surface area contributed by atoms with Crippen molar-refractivity contribution in [1.29, 1.82) is 0 Å². The smallest absolute Gasteiger partial charge is 0.341 e. The van der Waals surface area contributed by atoms with Gasteiger partial charge in [-0.3, -0.25) is 0 Å². The van der Waals surface area contributed by atoms with Gasteiger partial charge in [-0.2, -0.15) is 0 Å². The molecule has 2 unspecified atom stereocenters. The lowest BCUT2D eigenvalue weighted by Gasteiger charge is -2.09. The fraction of sp³-hybridized carbons (Fsp3) is 0.353. The summed E-state index contributed by atoms with van der Waals surface area (Å²) in [6, 6.07) is 7.38. The van der Waals surface area contributed by atoms with E-state index in [-0.39, 0.29) is 5.92 Å². The van der Waals surface area contributed by atoms with Gasteiger partial charge in [0.25, 0.3) is 0 Å². The third-order valence-electron chi connectivity index (χ3n) is 3.63. The lowest BCUT2D eigenvalue weighted by molar-refractivity contribution is -0.133. The van der Waals surface area contributed by atoms with Gasteiger partial charge < -0.3 is 9.47 Å². The molecule has 2 atom stereocenters. The van der Waals surface area contributed by atoms with E-state index in [1.54, 1.807) is 6.92 Å². The van der Waals surface area contributed by atoms with Gasteiger partial charge in [-0.15, -0.1) is 0 Å². The Labute approximate surface area is 124 Å². The number of carbonyl (C=O) groups is 1. The number of methoxy groups -OCH3 is 2. The molecule has 4 heteroatoms. The van der Waals surface area contributed by atoms with E-state index < -0.39 is 11.6 Å². The Morgan fingerprint density at radius 1 is 1.38 bits per heavy atom. The second-order valence-electron chi connectivity index (χ2n) is 5.29. The van der Waals surface area contributed by atoms with Crippen molar-refractivity contribution in [3.05, 3.63) is 47.7 Å². The molecule has 1 aromatic rings. The minimum Gasteiger partial charge on any atom is -0.503 e. The van der Waals surface area contributed by atoms with Gasteiger partial charge in [0.2, 0.25) is 0 Å². The van der Waals surface area contributed by atoms with Crippen LogP contribution in [0, 0.1) is 5.92 Å². The predicted molar refractivity (Wildman–Crippen MR) is 80.1 cm³/mol. The highest BCUT2D eigenvalue weighted by Crippen LogP contribution is 2.48. The number of hydrogen-bond acceptors (Lipinski definition) is 3. The normalized spacial score (nSPS) is 25.0. The van der Waals surface area contributed by atoms with E-state index in [0.717, 1.165) is 5.56 Å². The third kappa shape index (κ3) is 3.51.